The van der Waals surface area contributed by atoms with Crippen LogP contribution in [0.3, 0.4) is 0 Å². The second kappa shape index (κ2) is 19.9. The topological polar surface area (TPSA) is 90.0 Å². The average molecular weight is 520 g/mol. The van der Waals surface area contributed by atoms with Gasteiger partial charge in [0.15, 0.2) is 12.1 Å². The molecular weight excluding hydrogens is 466 g/mol. The highest BCUT2D eigenvalue weighted by molar-refractivity contribution is 6.04. The summed E-state index contributed by atoms with van der Waals surface area (Å²) in [6, 6.07) is 6.24. The van der Waals surface area contributed by atoms with Crippen LogP contribution in [0, 0.1) is 11.8 Å². The van der Waals surface area contributed by atoms with E-state index in [4.69, 9.17) is 5.11 Å². The molecular formula is C30H53N3O4. The van der Waals surface area contributed by atoms with Crippen LogP contribution in [0.4, 0.5) is 5.69 Å². The second-order valence-corrected chi connectivity index (χ2v) is 9.89. The number of carbonyl (C=O) groups excluding carboxylic acids is 3. The zero-order valence-corrected chi connectivity index (χ0v) is 24.7. The van der Waals surface area contributed by atoms with E-state index in [1.54, 1.807) is 13.0 Å². The van der Waals surface area contributed by atoms with Gasteiger partial charge in [0.1, 0.15) is 5.78 Å². The number of aliphatic hydroxyl groups excluding tert-OH is 1. The van der Waals surface area contributed by atoms with Crippen molar-refractivity contribution in [2.45, 2.75) is 80.7 Å². The Balaban J connectivity index is 0.000000777. The lowest BCUT2D eigenvalue weighted by atomic mass is 9.95. The predicted octanol–water partition coefficient (Wildman–Crippen LogP) is 4.86. The van der Waals surface area contributed by atoms with Crippen LogP contribution >= 0.6 is 0 Å². The number of piperazine rings is 1. The molecule has 212 valence electrons. The van der Waals surface area contributed by atoms with Gasteiger partial charge in [-0.3, -0.25) is 19.3 Å². The first-order valence-electron chi connectivity index (χ1n) is 14.1. The molecule has 2 aliphatic heterocycles. The number of rotatable bonds is 9. The third-order valence-electron chi connectivity index (χ3n) is 6.24. The third-order valence-corrected chi connectivity index (χ3v) is 6.24. The van der Waals surface area contributed by atoms with E-state index < -0.39 is 0 Å². The quantitative estimate of drug-likeness (QED) is 0.356. The van der Waals surface area contributed by atoms with E-state index in [1.165, 1.54) is 0 Å². The van der Waals surface area contributed by atoms with E-state index in [1.807, 2.05) is 46.8 Å². The Morgan fingerprint density at radius 3 is 2.11 bits per heavy atom. The smallest absolute Gasteiger partial charge is 0.166 e. The number of aliphatic hydroxyl groups is 1. The molecule has 2 saturated heterocycles. The van der Waals surface area contributed by atoms with Gasteiger partial charge >= 0.3 is 0 Å². The number of hydrogen-bond acceptors (Lipinski definition) is 7. The molecule has 0 atom stereocenters. The van der Waals surface area contributed by atoms with E-state index in [-0.39, 0.29) is 18.3 Å². The monoisotopic (exact) mass is 519 g/mol. The summed E-state index contributed by atoms with van der Waals surface area (Å²) < 4.78 is 0. The van der Waals surface area contributed by atoms with Crippen molar-refractivity contribution in [3.05, 3.63) is 29.3 Å². The average Bonchev–Trinajstić information content (AvgIpc) is 2.88. The molecule has 0 aliphatic carbocycles. The van der Waals surface area contributed by atoms with Gasteiger partial charge in [-0.05, 0) is 37.5 Å². The van der Waals surface area contributed by atoms with Gasteiger partial charge in [-0.2, -0.15) is 0 Å². The van der Waals surface area contributed by atoms with Crippen LogP contribution < -0.4 is 10.2 Å². The molecule has 2 fully saturated rings. The maximum Gasteiger partial charge on any atom is 0.166 e. The summed E-state index contributed by atoms with van der Waals surface area (Å²) in [6.07, 6.45) is 3.32. The van der Waals surface area contributed by atoms with E-state index >= 15 is 0 Å². The predicted molar refractivity (Wildman–Crippen MR) is 155 cm³/mol. The molecule has 0 saturated carbocycles. The molecule has 7 heteroatoms. The number of carbonyl (C=O) groups is 3. The van der Waals surface area contributed by atoms with Crippen LogP contribution in [0.1, 0.15) is 95.4 Å². The Kier molecular flexibility index (Phi) is 18.8. The first kappa shape index (κ1) is 34.9. The summed E-state index contributed by atoms with van der Waals surface area (Å²) in [5.74, 6) is 0.991. The largest absolute Gasteiger partial charge is 0.397 e. The molecule has 0 unspecified atom stereocenters. The fraction of sp³-hybridized carbons (Fsp3) is 0.700. The van der Waals surface area contributed by atoms with Crippen molar-refractivity contribution in [3.8, 4) is 0 Å². The Labute approximate surface area is 226 Å². The maximum atomic E-state index is 12.2. The Hall–Kier alpha value is -2.09. The van der Waals surface area contributed by atoms with E-state index in [0.717, 1.165) is 64.1 Å². The Morgan fingerprint density at radius 1 is 1.08 bits per heavy atom. The van der Waals surface area contributed by atoms with Gasteiger partial charge in [-0.25, -0.2) is 0 Å². The first-order chi connectivity index (χ1) is 17.7. The number of Topliss-reactive ketones (excluding diaryl/α,β-unsaturated/α-hetero) is 2. The second-order valence-electron chi connectivity index (χ2n) is 9.89. The zero-order valence-electron chi connectivity index (χ0n) is 24.7. The molecule has 3 rings (SSSR count). The number of aldehydes is 1. The van der Waals surface area contributed by atoms with Crippen molar-refractivity contribution in [3.63, 3.8) is 0 Å². The number of nitrogens with one attached hydrogen (secondary N) is 1. The third kappa shape index (κ3) is 12.8. The number of nitrogens with zero attached hydrogens (tertiary/aromatic N) is 2. The number of hydrogen-bond donors (Lipinski definition) is 2. The van der Waals surface area contributed by atoms with Crippen LogP contribution in [0.5, 0.6) is 0 Å². The summed E-state index contributed by atoms with van der Waals surface area (Å²) in [6.45, 7) is 22.2. The van der Waals surface area contributed by atoms with Crippen molar-refractivity contribution in [2.24, 2.45) is 11.8 Å². The fourth-order valence-corrected chi connectivity index (χ4v) is 3.95. The Bertz CT molecular complexity index is 783. The van der Waals surface area contributed by atoms with Crippen LogP contribution in [-0.2, 0) is 4.79 Å². The van der Waals surface area contributed by atoms with E-state index in [2.05, 4.69) is 29.0 Å². The van der Waals surface area contributed by atoms with Gasteiger partial charge in [0.05, 0.1) is 0 Å². The Morgan fingerprint density at radius 2 is 1.65 bits per heavy atom. The molecule has 0 amide bonds. The molecule has 37 heavy (non-hydrogen) atoms. The number of ketones is 2. The van der Waals surface area contributed by atoms with Crippen molar-refractivity contribution < 1.29 is 19.5 Å². The summed E-state index contributed by atoms with van der Waals surface area (Å²) >= 11 is 0. The molecule has 1 aromatic rings. The summed E-state index contributed by atoms with van der Waals surface area (Å²) in [4.78, 5) is 39.1. The fourth-order valence-electron chi connectivity index (χ4n) is 3.95. The lowest BCUT2D eigenvalue weighted by Crippen LogP contribution is -2.62. The van der Waals surface area contributed by atoms with Crippen LogP contribution in [-0.4, -0.2) is 79.8 Å². The minimum atomic E-state index is -0.0966. The minimum Gasteiger partial charge on any atom is -0.397 e. The van der Waals surface area contributed by atoms with Crippen molar-refractivity contribution >= 4 is 23.5 Å². The molecule has 0 bridgehead atoms. The molecule has 2 N–H and O–H groups in total. The highest BCUT2D eigenvalue weighted by atomic mass is 16.2. The van der Waals surface area contributed by atoms with Gasteiger partial charge in [-0.1, -0.05) is 48.5 Å². The van der Waals surface area contributed by atoms with Crippen LogP contribution in [0.2, 0.25) is 0 Å². The van der Waals surface area contributed by atoms with Gasteiger partial charge in [0.25, 0.3) is 0 Å². The van der Waals surface area contributed by atoms with Crippen molar-refractivity contribution in [1.29, 1.82) is 0 Å². The van der Waals surface area contributed by atoms with Gasteiger partial charge < -0.3 is 15.3 Å². The van der Waals surface area contributed by atoms with E-state index in [9.17, 15) is 14.4 Å². The zero-order chi connectivity index (χ0) is 28.4. The molecule has 0 spiro atoms. The maximum absolute atomic E-state index is 12.2. The molecule has 2 aliphatic rings. The summed E-state index contributed by atoms with van der Waals surface area (Å²) in [5, 5.41) is 10.9. The van der Waals surface area contributed by atoms with Gasteiger partial charge in [-0.15, -0.1) is 0 Å². The SMILES string of the molecule is CC.CC(C)C(=O)c1ccc(N2CC(N3CCNCC3)C2)cc1C=O.CCC(=O)CCC(C)C.CCO. The molecule has 2 heterocycles. The highest BCUT2D eigenvalue weighted by Gasteiger charge is 2.32. The van der Waals surface area contributed by atoms with Gasteiger partial charge in [0.2, 0.25) is 0 Å². The number of benzene rings is 1. The molecule has 0 aromatic heterocycles. The lowest BCUT2D eigenvalue weighted by Gasteiger charge is -2.48. The van der Waals surface area contributed by atoms with Gasteiger partial charge in [0, 0.05) is 87.5 Å². The summed E-state index contributed by atoms with van der Waals surface area (Å²) in [5.41, 5.74) is 2.09. The molecule has 0 radical (unpaired) electrons. The van der Waals surface area contributed by atoms with Crippen LogP contribution in [0.15, 0.2) is 18.2 Å². The van der Waals surface area contributed by atoms with E-state index in [0.29, 0.717) is 35.3 Å². The highest BCUT2D eigenvalue weighted by Crippen LogP contribution is 2.27. The molecule has 1 aromatic carbocycles. The standard InChI is InChI=1S/C18H25N3O2.C8H16O.C2H6O.C2H6/c1-13(2)18(23)17-4-3-15(9-14(17)12-22)21-10-16(11-21)20-7-5-19-6-8-20;1-4-8(9)6-5-7(2)3;1-2-3;1-2/h3-4,9,12-13,16,19H,5-8,10-11H2,1-2H3;7H,4-6H2,1-3H3;3H,2H2,1H3;1-2H3. The minimum absolute atomic E-state index is 0.0287. The molecule has 7 nitrogen and oxygen atoms in total. The number of anilines is 1. The van der Waals surface area contributed by atoms with Crippen molar-refractivity contribution in [2.75, 3.05) is 50.8 Å². The van der Waals surface area contributed by atoms with Crippen LogP contribution in [0.25, 0.3) is 0 Å². The lowest BCUT2D eigenvalue weighted by molar-refractivity contribution is -0.119. The normalized spacial score (nSPS) is 15.4. The van der Waals surface area contributed by atoms with Crippen molar-refractivity contribution in [1.82, 2.24) is 10.2 Å². The first-order valence-corrected chi connectivity index (χ1v) is 14.1. The summed E-state index contributed by atoms with van der Waals surface area (Å²) in [7, 11) is 0.